The summed E-state index contributed by atoms with van der Waals surface area (Å²) in [5, 5.41) is 20.0. The van der Waals surface area contributed by atoms with E-state index in [0.717, 1.165) is 5.56 Å². The van der Waals surface area contributed by atoms with Crippen LogP contribution in [-0.2, 0) is 17.7 Å². The summed E-state index contributed by atoms with van der Waals surface area (Å²) >= 11 is 1.22. The lowest BCUT2D eigenvalue weighted by molar-refractivity contribution is 0.0398. The summed E-state index contributed by atoms with van der Waals surface area (Å²) in [6.07, 6.45) is 2.02. The molecule has 3 heterocycles. The van der Waals surface area contributed by atoms with E-state index in [1.165, 1.54) is 23.5 Å². The minimum atomic E-state index is -0.654. The summed E-state index contributed by atoms with van der Waals surface area (Å²) in [6, 6.07) is 5.95. The fraction of sp³-hybridized carbons (Fsp3) is 0.391. The van der Waals surface area contributed by atoms with Gasteiger partial charge in [0.2, 0.25) is 5.43 Å². The number of amides is 1. The topological polar surface area (TPSA) is 97.5 Å². The van der Waals surface area contributed by atoms with Gasteiger partial charge in [-0.25, -0.2) is 4.39 Å². The van der Waals surface area contributed by atoms with E-state index in [2.05, 4.69) is 10.2 Å². The van der Waals surface area contributed by atoms with Crippen LogP contribution in [0.1, 0.15) is 34.9 Å². The highest BCUT2D eigenvalue weighted by Crippen LogP contribution is 2.30. The van der Waals surface area contributed by atoms with Crippen LogP contribution < -0.4 is 5.43 Å². The largest absolute Gasteiger partial charge is 0.503 e. The van der Waals surface area contributed by atoms with Crippen molar-refractivity contribution in [2.24, 2.45) is 5.92 Å². The first-order valence-electron chi connectivity index (χ1n) is 10.7. The van der Waals surface area contributed by atoms with Crippen LogP contribution in [0.2, 0.25) is 0 Å². The number of rotatable bonds is 7. The molecule has 8 nitrogen and oxygen atoms in total. The molecule has 1 aliphatic heterocycles. The summed E-state index contributed by atoms with van der Waals surface area (Å²) in [5.41, 5.74) is 0.389. The maximum absolute atomic E-state index is 13.1. The van der Waals surface area contributed by atoms with Crippen LogP contribution in [0.25, 0.3) is 10.6 Å². The van der Waals surface area contributed by atoms with E-state index in [0.29, 0.717) is 36.1 Å². The van der Waals surface area contributed by atoms with Crippen LogP contribution in [-0.4, -0.2) is 57.0 Å². The van der Waals surface area contributed by atoms with Gasteiger partial charge < -0.3 is 19.3 Å². The van der Waals surface area contributed by atoms with Gasteiger partial charge >= 0.3 is 0 Å². The second kappa shape index (κ2) is 9.40. The summed E-state index contributed by atoms with van der Waals surface area (Å²) in [6.45, 7) is 5.22. The van der Waals surface area contributed by atoms with Gasteiger partial charge in [-0.15, -0.1) is 10.2 Å². The van der Waals surface area contributed by atoms with E-state index in [1.807, 2.05) is 13.8 Å². The number of carbonyl (C=O) groups is 1. The first-order valence-corrected chi connectivity index (χ1v) is 11.5. The smallest absolute Gasteiger partial charge is 0.274 e. The predicted molar refractivity (Wildman–Crippen MR) is 122 cm³/mol. The molecule has 3 aromatic rings. The number of aromatic hydroxyl groups is 1. The van der Waals surface area contributed by atoms with Crippen molar-refractivity contribution in [2.75, 3.05) is 20.3 Å². The van der Waals surface area contributed by atoms with Gasteiger partial charge in [0.1, 0.15) is 10.8 Å². The minimum Gasteiger partial charge on any atom is -0.503 e. The fourth-order valence-electron chi connectivity index (χ4n) is 4.21. The molecule has 0 bridgehead atoms. The summed E-state index contributed by atoms with van der Waals surface area (Å²) in [5.74, 6) is -1.22. The number of pyridine rings is 1. The normalized spacial score (nSPS) is 16.7. The standard InChI is InChI=1S/C23H25FN4O4S/c1-4-28-17(13(2)12-32-3)11-27-10-16(20(29)21(30)19(27)23(28)31)22-26-25-18(33-22)9-14-5-7-15(24)8-6-14/h5-8,10,13,17,30H,4,9,11-12H2,1-3H3. The quantitative estimate of drug-likeness (QED) is 0.568. The maximum atomic E-state index is 13.1. The molecule has 2 atom stereocenters. The predicted octanol–water partition coefficient (Wildman–Crippen LogP) is 2.93. The molecule has 10 heteroatoms. The Morgan fingerprint density at radius 3 is 2.67 bits per heavy atom. The first kappa shape index (κ1) is 23.1. The lowest BCUT2D eigenvalue weighted by Crippen LogP contribution is -2.52. The van der Waals surface area contributed by atoms with Crippen molar-refractivity contribution in [3.8, 4) is 16.3 Å². The summed E-state index contributed by atoms with van der Waals surface area (Å²) < 4.78 is 20.1. The van der Waals surface area contributed by atoms with Crippen molar-refractivity contribution in [1.82, 2.24) is 19.7 Å². The van der Waals surface area contributed by atoms with E-state index in [9.17, 15) is 19.1 Å². The molecule has 0 saturated heterocycles. The molecule has 0 fully saturated rings. The minimum absolute atomic E-state index is 0.0116. The van der Waals surface area contributed by atoms with Crippen LogP contribution in [0.3, 0.4) is 0 Å². The molecule has 174 valence electrons. The van der Waals surface area contributed by atoms with Crippen molar-refractivity contribution in [3.63, 3.8) is 0 Å². The molecule has 4 rings (SSSR count). The third-order valence-corrected chi connectivity index (χ3v) is 6.85. The highest BCUT2D eigenvalue weighted by atomic mass is 32.1. The molecule has 1 aromatic carbocycles. The van der Waals surface area contributed by atoms with Crippen molar-refractivity contribution in [3.05, 3.63) is 62.8 Å². The Balaban J connectivity index is 1.70. The summed E-state index contributed by atoms with van der Waals surface area (Å²) in [7, 11) is 1.62. The number of benzene rings is 1. The number of halogens is 1. The Hall–Kier alpha value is -3.11. The van der Waals surface area contributed by atoms with Crippen molar-refractivity contribution < 1.29 is 19.0 Å². The zero-order valence-electron chi connectivity index (χ0n) is 18.6. The van der Waals surface area contributed by atoms with Crippen molar-refractivity contribution in [2.45, 2.75) is 32.9 Å². The molecule has 0 saturated carbocycles. The first-order chi connectivity index (χ1) is 15.8. The lowest BCUT2D eigenvalue weighted by atomic mass is 9.97. The van der Waals surface area contributed by atoms with Gasteiger partial charge in [-0.3, -0.25) is 9.59 Å². The molecular weight excluding hydrogens is 447 g/mol. The summed E-state index contributed by atoms with van der Waals surface area (Å²) in [4.78, 5) is 27.8. The van der Waals surface area contributed by atoms with Crippen LogP contribution in [0, 0.1) is 11.7 Å². The molecular formula is C23H25FN4O4S. The molecule has 1 N–H and O–H groups in total. The number of fused-ring (bicyclic) bond motifs is 1. The Labute approximate surface area is 194 Å². The SMILES string of the molecule is CCN1C(=O)c2c(O)c(=O)c(-c3nnc(Cc4ccc(F)cc4)s3)cn2CC1C(C)COC. The third-order valence-electron chi connectivity index (χ3n) is 5.90. The van der Waals surface area contributed by atoms with Gasteiger partial charge in [-0.05, 0) is 24.6 Å². The number of aromatic nitrogens is 3. The number of hydrogen-bond donors (Lipinski definition) is 1. The number of likely N-dealkylation sites (N-methyl/N-ethyl adjacent to an activating group) is 1. The Kier molecular flexibility index (Phi) is 6.57. The monoisotopic (exact) mass is 472 g/mol. The van der Waals surface area contributed by atoms with E-state index >= 15 is 0 Å². The Morgan fingerprint density at radius 1 is 1.27 bits per heavy atom. The van der Waals surface area contributed by atoms with Crippen LogP contribution >= 0.6 is 11.3 Å². The number of hydrogen-bond acceptors (Lipinski definition) is 7. The number of nitrogens with zero attached hydrogens (tertiary/aromatic N) is 4. The van der Waals surface area contributed by atoms with E-state index in [4.69, 9.17) is 4.74 Å². The fourth-order valence-corrected chi connectivity index (χ4v) is 5.09. The van der Waals surface area contributed by atoms with Crippen molar-refractivity contribution >= 4 is 17.2 Å². The maximum Gasteiger partial charge on any atom is 0.274 e. The highest BCUT2D eigenvalue weighted by Gasteiger charge is 2.37. The number of methoxy groups -OCH3 is 1. The second-order valence-corrected chi connectivity index (χ2v) is 9.18. The third kappa shape index (κ3) is 4.40. The molecule has 2 aromatic heterocycles. The average molecular weight is 473 g/mol. The highest BCUT2D eigenvalue weighted by molar-refractivity contribution is 7.14. The van der Waals surface area contributed by atoms with Gasteiger partial charge in [-0.1, -0.05) is 30.4 Å². The van der Waals surface area contributed by atoms with Crippen LogP contribution in [0.4, 0.5) is 4.39 Å². The molecule has 0 aliphatic carbocycles. The number of carbonyl (C=O) groups excluding carboxylic acids is 1. The lowest BCUT2D eigenvalue weighted by Gasteiger charge is -2.40. The van der Waals surface area contributed by atoms with Gasteiger partial charge in [0.15, 0.2) is 16.5 Å². The molecule has 0 radical (unpaired) electrons. The van der Waals surface area contributed by atoms with Crippen LogP contribution in [0.15, 0.2) is 35.3 Å². The van der Waals surface area contributed by atoms with Gasteiger partial charge in [0.25, 0.3) is 5.91 Å². The molecule has 2 unspecified atom stereocenters. The van der Waals surface area contributed by atoms with Gasteiger partial charge in [-0.2, -0.15) is 0 Å². The zero-order valence-corrected chi connectivity index (χ0v) is 19.4. The molecule has 33 heavy (non-hydrogen) atoms. The van der Waals surface area contributed by atoms with Crippen LogP contribution in [0.5, 0.6) is 5.75 Å². The zero-order chi connectivity index (χ0) is 23.7. The number of ether oxygens (including phenoxy) is 1. The van der Waals surface area contributed by atoms with E-state index in [1.54, 1.807) is 34.9 Å². The van der Waals surface area contributed by atoms with Gasteiger partial charge in [0, 0.05) is 38.7 Å². The molecule has 1 amide bonds. The Morgan fingerprint density at radius 2 is 2.00 bits per heavy atom. The molecule has 0 spiro atoms. The second-order valence-electron chi connectivity index (χ2n) is 8.12. The van der Waals surface area contributed by atoms with Crippen molar-refractivity contribution in [1.29, 1.82) is 0 Å². The van der Waals surface area contributed by atoms with E-state index in [-0.39, 0.29) is 34.9 Å². The average Bonchev–Trinajstić information content (AvgIpc) is 3.25. The molecule has 1 aliphatic rings. The van der Waals surface area contributed by atoms with Gasteiger partial charge in [0.05, 0.1) is 18.2 Å². The Bertz CT molecular complexity index is 1220. The van der Waals surface area contributed by atoms with E-state index < -0.39 is 11.2 Å².